The van der Waals surface area contributed by atoms with Gasteiger partial charge in [0.1, 0.15) is 5.54 Å². The highest BCUT2D eigenvalue weighted by Gasteiger charge is 2.67. The maximum absolute atomic E-state index is 13.6. The van der Waals surface area contributed by atoms with Crippen LogP contribution < -0.4 is 10.6 Å². The first-order chi connectivity index (χ1) is 13.4. The topological polar surface area (TPSA) is 44.4 Å². The zero-order valence-electron chi connectivity index (χ0n) is 17.9. The van der Waals surface area contributed by atoms with Crippen molar-refractivity contribution in [1.82, 2.24) is 15.5 Å². The first-order valence-corrected chi connectivity index (χ1v) is 11.2. The molecule has 1 aromatic carbocycles. The third kappa shape index (κ3) is 3.39. The maximum atomic E-state index is 13.6. The molecule has 154 valence electrons. The van der Waals surface area contributed by atoms with Gasteiger partial charge in [-0.05, 0) is 49.1 Å². The molecule has 5 atom stereocenters. The van der Waals surface area contributed by atoms with Gasteiger partial charge in [-0.3, -0.25) is 9.69 Å². The smallest absolute Gasteiger partial charge is 0.242 e. The normalized spacial score (nSPS) is 34.4. The molecule has 0 aromatic heterocycles. The van der Waals surface area contributed by atoms with Crippen LogP contribution in [0.1, 0.15) is 46.1 Å². The van der Waals surface area contributed by atoms with Crippen molar-refractivity contribution in [2.45, 2.75) is 64.6 Å². The molecule has 4 nitrogen and oxygen atoms in total. The van der Waals surface area contributed by atoms with Crippen molar-refractivity contribution in [3.05, 3.63) is 35.9 Å². The summed E-state index contributed by atoms with van der Waals surface area (Å²) >= 11 is 0. The van der Waals surface area contributed by atoms with Gasteiger partial charge >= 0.3 is 0 Å². The highest BCUT2D eigenvalue weighted by Crippen LogP contribution is 2.53. The third-order valence-corrected chi connectivity index (χ3v) is 7.14. The third-order valence-electron chi connectivity index (χ3n) is 7.14. The van der Waals surface area contributed by atoms with Crippen molar-refractivity contribution in [1.29, 1.82) is 0 Å². The average molecular weight is 384 g/mol. The Morgan fingerprint density at radius 2 is 1.93 bits per heavy atom. The minimum absolute atomic E-state index is 0.249. The molecule has 5 rings (SSSR count). The van der Waals surface area contributed by atoms with E-state index in [1.165, 1.54) is 12.0 Å². The maximum Gasteiger partial charge on any atom is 0.242 e. The Morgan fingerprint density at radius 3 is 2.61 bits per heavy atom. The SMILES string of the molecule is CC(C)CNC(=O)C12NCC3CC1C(Cc1ccccc1)N(CC(C)C)C2C3. The fourth-order valence-corrected chi connectivity index (χ4v) is 6.08. The van der Waals surface area contributed by atoms with Crippen LogP contribution in [-0.4, -0.2) is 48.1 Å². The number of nitrogens with one attached hydrogen (secondary N) is 2. The molecule has 1 aromatic rings. The first-order valence-electron chi connectivity index (χ1n) is 11.2. The number of hydrogen-bond acceptors (Lipinski definition) is 3. The van der Waals surface area contributed by atoms with E-state index in [-0.39, 0.29) is 5.91 Å². The van der Waals surface area contributed by atoms with Crippen molar-refractivity contribution in [2.24, 2.45) is 23.7 Å². The second-order valence-corrected chi connectivity index (χ2v) is 10.2. The van der Waals surface area contributed by atoms with E-state index in [4.69, 9.17) is 0 Å². The Labute approximate surface area is 170 Å². The van der Waals surface area contributed by atoms with Crippen LogP contribution in [0.4, 0.5) is 0 Å². The Bertz CT molecular complexity index is 688. The van der Waals surface area contributed by atoms with Crippen LogP contribution in [0.15, 0.2) is 30.3 Å². The lowest BCUT2D eigenvalue weighted by molar-refractivity contribution is -0.135. The molecule has 4 aliphatic rings. The molecule has 1 aliphatic carbocycles. The van der Waals surface area contributed by atoms with E-state index in [1.807, 2.05) is 0 Å². The second kappa shape index (κ2) is 7.79. The van der Waals surface area contributed by atoms with Crippen LogP contribution in [0.5, 0.6) is 0 Å². The van der Waals surface area contributed by atoms with Crippen LogP contribution in [0.2, 0.25) is 0 Å². The molecule has 4 fully saturated rings. The number of hydrogen-bond donors (Lipinski definition) is 2. The van der Waals surface area contributed by atoms with Crippen molar-refractivity contribution < 1.29 is 4.79 Å². The van der Waals surface area contributed by atoms with Gasteiger partial charge in [0.15, 0.2) is 0 Å². The molecule has 4 heteroatoms. The lowest BCUT2D eigenvalue weighted by Crippen LogP contribution is -2.73. The van der Waals surface area contributed by atoms with Crippen LogP contribution >= 0.6 is 0 Å². The summed E-state index contributed by atoms with van der Waals surface area (Å²) in [7, 11) is 0. The van der Waals surface area contributed by atoms with E-state index in [2.05, 4.69) is 73.6 Å². The standard InChI is InChI=1S/C24H37N3O/c1-16(2)13-25-23(28)24-20-10-19(14-26-24)12-22(24)27(15-17(3)4)21(20)11-18-8-6-5-7-9-18/h5-9,16-17,19-22,26H,10-15H2,1-4H3,(H,25,28). The minimum Gasteiger partial charge on any atom is -0.354 e. The Morgan fingerprint density at radius 1 is 1.18 bits per heavy atom. The molecular weight excluding hydrogens is 346 g/mol. The van der Waals surface area contributed by atoms with Gasteiger partial charge in [-0.25, -0.2) is 0 Å². The zero-order valence-corrected chi connectivity index (χ0v) is 17.9. The number of carbonyl (C=O) groups is 1. The monoisotopic (exact) mass is 383 g/mol. The fourth-order valence-electron chi connectivity index (χ4n) is 6.08. The summed E-state index contributed by atoms with van der Waals surface area (Å²) in [6.45, 7) is 11.8. The number of carbonyl (C=O) groups excluding carboxylic acids is 1. The van der Waals surface area contributed by atoms with Gasteiger partial charge in [-0.15, -0.1) is 0 Å². The quantitative estimate of drug-likeness (QED) is 0.761. The lowest BCUT2D eigenvalue weighted by Gasteiger charge is -2.52. The second-order valence-electron chi connectivity index (χ2n) is 10.2. The summed E-state index contributed by atoms with van der Waals surface area (Å²) < 4.78 is 0. The van der Waals surface area contributed by atoms with Crippen molar-refractivity contribution in [2.75, 3.05) is 19.6 Å². The van der Waals surface area contributed by atoms with Gasteiger partial charge in [0.2, 0.25) is 5.91 Å². The molecule has 28 heavy (non-hydrogen) atoms. The molecule has 1 amide bonds. The predicted molar refractivity (Wildman–Crippen MR) is 114 cm³/mol. The van der Waals surface area contributed by atoms with Crippen molar-refractivity contribution in [3.63, 3.8) is 0 Å². The summed E-state index contributed by atoms with van der Waals surface area (Å²) in [5.74, 6) is 2.44. The zero-order chi connectivity index (χ0) is 19.9. The van der Waals surface area contributed by atoms with E-state index >= 15 is 0 Å². The van der Waals surface area contributed by atoms with Crippen LogP contribution in [0.25, 0.3) is 0 Å². The molecule has 3 heterocycles. The van der Waals surface area contributed by atoms with Gasteiger partial charge in [-0.1, -0.05) is 58.0 Å². The van der Waals surface area contributed by atoms with Gasteiger partial charge in [-0.2, -0.15) is 0 Å². The minimum atomic E-state index is -0.405. The number of amides is 1. The van der Waals surface area contributed by atoms with Crippen molar-refractivity contribution >= 4 is 5.91 Å². The molecule has 5 unspecified atom stereocenters. The van der Waals surface area contributed by atoms with Crippen LogP contribution in [0, 0.1) is 23.7 Å². The lowest BCUT2D eigenvalue weighted by atomic mass is 9.62. The number of fused-ring (bicyclic) bond motifs is 1. The molecule has 3 saturated heterocycles. The summed E-state index contributed by atoms with van der Waals surface area (Å²) in [6.07, 6.45) is 3.39. The average Bonchev–Trinajstić information content (AvgIpc) is 2.84. The summed E-state index contributed by atoms with van der Waals surface area (Å²) in [5, 5.41) is 7.08. The fraction of sp³-hybridized carbons (Fsp3) is 0.708. The van der Waals surface area contributed by atoms with E-state index in [9.17, 15) is 4.79 Å². The Kier molecular flexibility index (Phi) is 5.54. The van der Waals surface area contributed by atoms with E-state index < -0.39 is 5.54 Å². The molecule has 0 spiro atoms. The molecule has 4 bridgehead atoms. The molecule has 1 saturated carbocycles. The molecule has 0 radical (unpaired) electrons. The largest absolute Gasteiger partial charge is 0.354 e. The Balaban J connectivity index is 1.67. The first kappa shape index (κ1) is 19.9. The predicted octanol–water partition coefficient (Wildman–Crippen LogP) is 3.08. The van der Waals surface area contributed by atoms with E-state index in [0.717, 1.165) is 32.5 Å². The van der Waals surface area contributed by atoms with E-state index in [0.29, 0.717) is 35.8 Å². The van der Waals surface area contributed by atoms with Gasteiger partial charge < -0.3 is 10.6 Å². The molecule has 2 N–H and O–H groups in total. The van der Waals surface area contributed by atoms with Gasteiger partial charge in [0, 0.05) is 31.1 Å². The van der Waals surface area contributed by atoms with E-state index in [1.54, 1.807) is 0 Å². The number of likely N-dealkylation sites (tertiary alicyclic amines) is 1. The summed E-state index contributed by atoms with van der Waals surface area (Å²) in [5.41, 5.74) is 0.986. The molecule has 3 aliphatic heterocycles. The van der Waals surface area contributed by atoms with Gasteiger partial charge in [0.25, 0.3) is 0 Å². The number of rotatable bonds is 7. The highest BCUT2D eigenvalue weighted by atomic mass is 16.2. The van der Waals surface area contributed by atoms with Crippen LogP contribution in [0.3, 0.4) is 0 Å². The molecular formula is C24H37N3O. The Hall–Kier alpha value is -1.39. The summed E-state index contributed by atoms with van der Waals surface area (Å²) in [6, 6.07) is 11.6. The van der Waals surface area contributed by atoms with Gasteiger partial charge in [0.05, 0.1) is 0 Å². The number of benzene rings is 1. The summed E-state index contributed by atoms with van der Waals surface area (Å²) in [4.78, 5) is 16.3. The number of nitrogens with zero attached hydrogens (tertiary/aromatic N) is 1. The van der Waals surface area contributed by atoms with Crippen molar-refractivity contribution in [3.8, 4) is 0 Å². The highest BCUT2D eigenvalue weighted by molar-refractivity contribution is 5.89. The van der Waals surface area contributed by atoms with Crippen LogP contribution in [-0.2, 0) is 11.2 Å². The number of piperidine rings is 2.